The molecule has 0 bridgehead atoms. The van der Waals surface area contributed by atoms with Crippen LogP contribution in [0.3, 0.4) is 0 Å². The topological polar surface area (TPSA) is 26.3 Å². The number of hydrogen-bond acceptors (Lipinski definition) is 2. The normalized spacial score (nSPS) is 23.8. The molecule has 1 aliphatic heterocycles. The second kappa shape index (κ2) is 4.74. The van der Waals surface area contributed by atoms with E-state index in [4.69, 9.17) is 4.74 Å². The third-order valence-electron chi connectivity index (χ3n) is 3.05. The van der Waals surface area contributed by atoms with Gasteiger partial charge in [0.05, 0.1) is 12.7 Å². The van der Waals surface area contributed by atoms with Crippen LogP contribution in [0.1, 0.15) is 32.3 Å². The van der Waals surface area contributed by atoms with Crippen molar-refractivity contribution < 1.29 is 9.53 Å². The molecule has 1 heterocycles. The van der Waals surface area contributed by atoms with Crippen molar-refractivity contribution in [2.75, 3.05) is 0 Å². The van der Waals surface area contributed by atoms with Crippen molar-refractivity contribution >= 4 is 5.78 Å². The fourth-order valence-corrected chi connectivity index (χ4v) is 2.43. The SMILES string of the molecule is CC(C)CC1(c2ccccc2)CC(=O)C=CO1. The molecule has 0 radical (unpaired) electrons. The van der Waals surface area contributed by atoms with Gasteiger partial charge in [0.2, 0.25) is 0 Å². The van der Waals surface area contributed by atoms with Gasteiger partial charge in [0.15, 0.2) is 5.78 Å². The molecule has 90 valence electrons. The zero-order valence-corrected chi connectivity index (χ0v) is 10.3. The third kappa shape index (κ3) is 2.57. The highest BCUT2D eigenvalue weighted by Gasteiger charge is 2.38. The highest BCUT2D eigenvalue weighted by atomic mass is 16.5. The number of carbonyl (C=O) groups is 1. The van der Waals surface area contributed by atoms with Gasteiger partial charge in [-0.25, -0.2) is 0 Å². The first kappa shape index (κ1) is 11.9. The Hall–Kier alpha value is -1.57. The molecule has 0 aliphatic carbocycles. The van der Waals surface area contributed by atoms with Crippen LogP contribution in [0.2, 0.25) is 0 Å². The van der Waals surface area contributed by atoms with Crippen molar-refractivity contribution in [2.24, 2.45) is 5.92 Å². The Morgan fingerprint density at radius 2 is 2.00 bits per heavy atom. The molecule has 17 heavy (non-hydrogen) atoms. The molecule has 2 rings (SSSR count). The maximum absolute atomic E-state index is 11.7. The average molecular weight is 230 g/mol. The van der Waals surface area contributed by atoms with Gasteiger partial charge in [0.25, 0.3) is 0 Å². The summed E-state index contributed by atoms with van der Waals surface area (Å²) < 4.78 is 5.83. The fraction of sp³-hybridized carbons (Fsp3) is 0.400. The number of rotatable bonds is 3. The van der Waals surface area contributed by atoms with Crippen molar-refractivity contribution in [1.82, 2.24) is 0 Å². The third-order valence-corrected chi connectivity index (χ3v) is 3.05. The molecule has 0 amide bonds. The van der Waals surface area contributed by atoms with Gasteiger partial charge in [0.1, 0.15) is 5.60 Å². The summed E-state index contributed by atoms with van der Waals surface area (Å²) in [7, 11) is 0. The van der Waals surface area contributed by atoms with E-state index in [-0.39, 0.29) is 5.78 Å². The first-order chi connectivity index (χ1) is 8.12. The van der Waals surface area contributed by atoms with E-state index in [1.165, 1.54) is 6.08 Å². The Bertz CT molecular complexity index is 420. The van der Waals surface area contributed by atoms with Crippen molar-refractivity contribution in [3.05, 3.63) is 48.2 Å². The van der Waals surface area contributed by atoms with Crippen LogP contribution in [0.15, 0.2) is 42.7 Å². The zero-order chi connectivity index (χ0) is 12.3. The van der Waals surface area contributed by atoms with E-state index < -0.39 is 5.60 Å². The summed E-state index contributed by atoms with van der Waals surface area (Å²) in [6, 6.07) is 10.0. The van der Waals surface area contributed by atoms with Crippen LogP contribution in [0.4, 0.5) is 0 Å². The van der Waals surface area contributed by atoms with E-state index in [1.54, 1.807) is 6.26 Å². The average Bonchev–Trinajstić information content (AvgIpc) is 2.29. The van der Waals surface area contributed by atoms with Crippen molar-refractivity contribution in [2.45, 2.75) is 32.3 Å². The minimum atomic E-state index is -0.471. The van der Waals surface area contributed by atoms with E-state index in [1.807, 2.05) is 30.3 Å². The van der Waals surface area contributed by atoms with Crippen molar-refractivity contribution in [3.63, 3.8) is 0 Å². The van der Waals surface area contributed by atoms with E-state index in [2.05, 4.69) is 13.8 Å². The maximum Gasteiger partial charge on any atom is 0.163 e. The van der Waals surface area contributed by atoms with Gasteiger partial charge in [-0.1, -0.05) is 44.2 Å². The van der Waals surface area contributed by atoms with Crippen LogP contribution in [0.25, 0.3) is 0 Å². The molecular weight excluding hydrogens is 212 g/mol. The second-order valence-electron chi connectivity index (χ2n) is 5.02. The van der Waals surface area contributed by atoms with Crippen molar-refractivity contribution in [3.8, 4) is 0 Å². The van der Waals surface area contributed by atoms with Crippen LogP contribution in [-0.2, 0) is 15.1 Å². The largest absolute Gasteiger partial charge is 0.490 e. The van der Waals surface area contributed by atoms with Gasteiger partial charge < -0.3 is 4.74 Å². The van der Waals surface area contributed by atoms with Crippen LogP contribution in [-0.4, -0.2) is 5.78 Å². The lowest BCUT2D eigenvalue weighted by Crippen LogP contribution is -2.34. The number of allylic oxidation sites excluding steroid dienone is 1. The molecule has 0 spiro atoms. The van der Waals surface area contributed by atoms with Gasteiger partial charge >= 0.3 is 0 Å². The monoisotopic (exact) mass is 230 g/mol. The van der Waals surface area contributed by atoms with Gasteiger partial charge in [-0.2, -0.15) is 0 Å². The molecule has 1 aromatic rings. The Balaban J connectivity index is 2.37. The zero-order valence-electron chi connectivity index (χ0n) is 10.3. The van der Waals surface area contributed by atoms with Crippen LogP contribution in [0, 0.1) is 5.92 Å². The molecule has 1 aliphatic rings. The first-order valence-electron chi connectivity index (χ1n) is 6.05. The molecular formula is C15H18O2. The summed E-state index contributed by atoms with van der Waals surface area (Å²) in [5, 5.41) is 0. The fourth-order valence-electron chi connectivity index (χ4n) is 2.43. The molecule has 0 N–H and O–H groups in total. The predicted molar refractivity (Wildman–Crippen MR) is 67.4 cm³/mol. The second-order valence-corrected chi connectivity index (χ2v) is 5.02. The van der Waals surface area contributed by atoms with Gasteiger partial charge in [0, 0.05) is 6.08 Å². The molecule has 2 heteroatoms. The summed E-state index contributed by atoms with van der Waals surface area (Å²) in [4.78, 5) is 11.7. The van der Waals surface area contributed by atoms with Gasteiger partial charge in [-0.15, -0.1) is 0 Å². The predicted octanol–water partition coefficient (Wildman–Crippen LogP) is 3.43. The summed E-state index contributed by atoms with van der Waals surface area (Å²) in [5.41, 5.74) is 0.618. The van der Waals surface area contributed by atoms with E-state index in [0.29, 0.717) is 12.3 Å². The number of carbonyl (C=O) groups excluding carboxylic acids is 1. The smallest absolute Gasteiger partial charge is 0.163 e. The lowest BCUT2D eigenvalue weighted by Gasteiger charge is -2.36. The Morgan fingerprint density at radius 3 is 2.59 bits per heavy atom. The summed E-state index contributed by atoms with van der Waals surface area (Å²) >= 11 is 0. The standard InChI is InChI=1S/C15H18O2/c1-12(2)10-15(11-14(16)8-9-17-15)13-6-4-3-5-7-13/h3-9,12H,10-11H2,1-2H3. The molecule has 0 fully saturated rings. The first-order valence-corrected chi connectivity index (χ1v) is 6.05. The number of benzene rings is 1. The Labute approximate surface area is 102 Å². The molecule has 1 aromatic carbocycles. The summed E-state index contributed by atoms with van der Waals surface area (Å²) in [6.45, 7) is 4.30. The highest BCUT2D eigenvalue weighted by Crippen LogP contribution is 2.38. The molecule has 1 atom stereocenters. The highest BCUT2D eigenvalue weighted by molar-refractivity contribution is 5.91. The van der Waals surface area contributed by atoms with E-state index in [9.17, 15) is 4.79 Å². The van der Waals surface area contributed by atoms with Gasteiger partial charge in [-0.3, -0.25) is 4.79 Å². The molecule has 0 aromatic heterocycles. The van der Waals surface area contributed by atoms with Crippen LogP contribution >= 0.6 is 0 Å². The number of hydrogen-bond donors (Lipinski definition) is 0. The minimum Gasteiger partial charge on any atom is -0.490 e. The molecule has 1 unspecified atom stereocenters. The lowest BCUT2D eigenvalue weighted by molar-refractivity contribution is -0.124. The Kier molecular flexibility index (Phi) is 3.32. The quantitative estimate of drug-likeness (QED) is 0.795. The maximum atomic E-state index is 11.7. The number of ether oxygens (including phenoxy) is 1. The van der Waals surface area contributed by atoms with E-state index in [0.717, 1.165) is 12.0 Å². The van der Waals surface area contributed by atoms with Crippen LogP contribution in [0.5, 0.6) is 0 Å². The summed E-state index contributed by atoms with van der Waals surface area (Å²) in [6.07, 6.45) is 4.35. The van der Waals surface area contributed by atoms with E-state index >= 15 is 0 Å². The summed E-state index contributed by atoms with van der Waals surface area (Å²) in [5.74, 6) is 0.621. The number of ketones is 1. The Morgan fingerprint density at radius 1 is 1.29 bits per heavy atom. The molecule has 0 saturated heterocycles. The lowest BCUT2D eigenvalue weighted by atomic mass is 9.81. The van der Waals surface area contributed by atoms with Crippen molar-refractivity contribution in [1.29, 1.82) is 0 Å². The minimum absolute atomic E-state index is 0.140. The van der Waals surface area contributed by atoms with Crippen LogP contribution < -0.4 is 0 Å². The molecule has 0 saturated carbocycles. The van der Waals surface area contributed by atoms with Gasteiger partial charge in [-0.05, 0) is 17.9 Å². The molecule has 2 nitrogen and oxygen atoms in total.